The van der Waals surface area contributed by atoms with Gasteiger partial charge in [0.2, 0.25) is 0 Å². The van der Waals surface area contributed by atoms with Crippen molar-refractivity contribution in [2.24, 2.45) is 4.99 Å². The molecule has 0 amide bonds. The highest BCUT2D eigenvalue weighted by Gasteiger charge is 2.33. The molecule has 1 aliphatic heterocycles. The van der Waals surface area contributed by atoms with Crippen molar-refractivity contribution in [3.8, 4) is 0 Å². The molecule has 0 saturated heterocycles. The third kappa shape index (κ3) is 5.96. The second kappa shape index (κ2) is 11.3. The van der Waals surface area contributed by atoms with Gasteiger partial charge >= 0.3 is 0 Å². The Hall–Kier alpha value is -1.11. The van der Waals surface area contributed by atoms with Gasteiger partial charge in [0.25, 0.3) is 0 Å². The summed E-state index contributed by atoms with van der Waals surface area (Å²) in [4.78, 5) is 6.44. The highest BCUT2D eigenvalue weighted by molar-refractivity contribution is 9.11. The average Bonchev–Trinajstić information content (AvgIpc) is 2.94. The van der Waals surface area contributed by atoms with Crippen LogP contribution in [0.2, 0.25) is 0 Å². The SMILES string of the molecule is Brc1cc(Br)cc(CO[C@@H]2CCc3ccccc3[C@H]2N2C=CC=NC=C2)c1.Cl.Cl. The van der Waals surface area contributed by atoms with Crippen LogP contribution < -0.4 is 0 Å². The Kier molecular flexibility index (Phi) is 9.44. The van der Waals surface area contributed by atoms with Gasteiger partial charge in [0.15, 0.2) is 0 Å². The zero-order valence-corrected chi connectivity index (χ0v) is 20.4. The Balaban J connectivity index is 0.00000150. The minimum absolute atomic E-state index is 0. The lowest BCUT2D eigenvalue weighted by atomic mass is 9.84. The van der Waals surface area contributed by atoms with Crippen molar-refractivity contribution < 1.29 is 4.74 Å². The number of aryl methyl sites for hydroxylation is 1. The quantitative estimate of drug-likeness (QED) is 0.402. The van der Waals surface area contributed by atoms with E-state index in [9.17, 15) is 0 Å². The first-order valence-electron chi connectivity index (χ1n) is 8.99. The fourth-order valence-corrected chi connectivity index (χ4v) is 5.11. The predicted molar refractivity (Wildman–Crippen MR) is 131 cm³/mol. The average molecular weight is 561 g/mol. The summed E-state index contributed by atoms with van der Waals surface area (Å²) in [7, 11) is 0. The van der Waals surface area contributed by atoms with E-state index in [1.165, 1.54) is 11.1 Å². The van der Waals surface area contributed by atoms with Gasteiger partial charge in [-0.05, 0) is 53.8 Å². The van der Waals surface area contributed by atoms with Gasteiger partial charge in [-0.1, -0.05) is 56.1 Å². The molecule has 0 radical (unpaired) electrons. The standard InChI is InChI=1S/C22H20Br2N2O.2ClH/c23-18-12-16(13-19(24)14-18)15-27-21-7-6-17-4-1-2-5-20(17)22(21)26-10-3-8-25-9-11-26;;/h1-5,8-14,21-22H,6-7,15H2;2*1H/t21-,22-;;/m1../s1. The molecule has 0 bridgehead atoms. The van der Waals surface area contributed by atoms with E-state index in [0.717, 1.165) is 27.4 Å². The van der Waals surface area contributed by atoms with Crippen LogP contribution >= 0.6 is 56.7 Å². The molecular formula is C22H22Br2Cl2N2O. The first kappa shape index (κ1) is 24.2. The number of nitrogens with zero attached hydrogens (tertiary/aromatic N) is 2. The minimum atomic E-state index is 0. The summed E-state index contributed by atoms with van der Waals surface area (Å²) >= 11 is 7.12. The van der Waals surface area contributed by atoms with E-state index in [1.54, 1.807) is 6.21 Å². The Morgan fingerprint density at radius 2 is 1.79 bits per heavy atom. The van der Waals surface area contributed by atoms with Gasteiger partial charge in [0, 0.05) is 33.8 Å². The van der Waals surface area contributed by atoms with Gasteiger partial charge in [-0.15, -0.1) is 24.8 Å². The van der Waals surface area contributed by atoms with Crippen molar-refractivity contribution in [1.29, 1.82) is 0 Å². The fraction of sp³-hybridized carbons (Fsp3) is 0.227. The summed E-state index contributed by atoms with van der Waals surface area (Å²) in [5.74, 6) is 0. The first-order valence-corrected chi connectivity index (χ1v) is 10.6. The van der Waals surface area contributed by atoms with Gasteiger partial charge in [0.05, 0.1) is 18.8 Å². The number of aliphatic imine (C=N–C) groups is 1. The van der Waals surface area contributed by atoms with Crippen LogP contribution in [-0.4, -0.2) is 17.2 Å². The van der Waals surface area contributed by atoms with Gasteiger partial charge in [-0.25, -0.2) is 0 Å². The topological polar surface area (TPSA) is 24.8 Å². The maximum Gasteiger partial charge on any atom is 0.0845 e. The molecule has 29 heavy (non-hydrogen) atoms. The summed E-state index contributed by atoms with van der Waals surface area (Å²) in [6.07, 6.45) is 11.8. The van der Waals surface area contributed by atoms with Gasteiger partial charge in [-0.3, -0.25) is 4.99 Å². The monoisotopic (exact) mass is 558 g/mol. The normalized spacial score (nSPS) is 19.7. The zero-order valence-electron chi connectivity index (χ0n) is 15.6. The first-order chi connectivity index (χ1) is 13.2. The van der Waals surface area contributed by atoms with Crippen molar-refractivity contribution in [1.82, 2.24) is 4.90 Å². The molecule has 2 aliphatic rings. The predicted octanol–water partition coefficient (Wildman–Crippen LogP) is 7.00. The second-order valence-electron chi connectivity index (χ2n) is 6.69. The molecule has 2 aromatic rings. The van der Waals surface area contributed by atoms with E-state index in [2.05, 4.69) is 84.4 Å². The molecule has 4 rings (SSSR count). The van der Waals surface area contributed by atoms with Gasteiger partial charge in [-0.2, -0.15) is 0 Å². The van der Waals surface area contributed by atoms with Crippen molar-refractivity contribution >= 4 is 62.9 Å². The van der Waals surface area contributed by atoms with Crippen molar-refractivity contribution in [3.05, 3.63) is 92.8 Å². The Morgan fingerprint density at radius 3 is 2.59 bits per heavy atom. The summed E-state index contributed by atoms with van der Waals surface area (Å²) in [6, 6.07) is 15.1. The van der Waals surface area contributed by atoms with Crippen LogP contribution in [-0.2, 0) is 17.8 Å². The van der Waals surface area contributed by atoms with E-state index in [0.29, 0.717) is 6.61 Å². The van der Waals surface area contributed by atoms with Crippen LogP contribution in [0.1, 0.15) is 29.2 Å². The highest BCUT2D eigenvalue weighted by Crippen LogP contribution is 2.37. The fourth-order valence-electron chi connectivity index (χ4n) is 3.72. The van der Waals surface area contributed by atoms with Crippen LogP contribution in [0.5, 0.6) is 0 Å². The highest BCUT2D eigenvalue weighted by atomic mass is 79.9. The molecule has 0 N–H and O–H groups in total. The van der Waals surface area contributed by atoms with E-state index in [-0.39, 0.29) is 37.0 Å². The number of benzene rings is 2. The smallest absolute Gasteiger partial charge is 0.0845 e. The van der Waals surface area contributed by atoms with Gasteiger partial charge in [0.1, 0.15) is 0 Å². The van der Waals surface area contributed by atoms with E-state index >= 15 is 0 Å². The van der Waals surface area contributed by atoms with E-state index < -0.39 is 0 Å². The lowest BCUT2D eigenvalue weighted by Crippen LogP contribution is -2.36. The van der Waals surface area contributed by atoms with E-state index in [4.69, 9.17) is 4.74 Å². The maximum absolute atomic E-state index is 6.45. The van der Waals surface area contributed by atoms with Gasteiger partial charge < -0.3 is 9.64 Å². The second-order valence-corrected chi connectivity index (χ2v) is 8.53. The van der Waals surface area contributed by atoms with E-state index in [1.807, 2.05) is 24.5 Å². The molecule has 2 atom stereocenters. The number of fused-ring (bicyclic) bond motifs is 1. The van der Waals surface area contributed by atoms with Crippen LogP contribution in [0.15, 0.2) is 81.1 Å². The third-order valence-corrected chi connectivity index (χ3v) is 5.80. The summed E-state index contributed by atoms with van der Waals surface area (Å²) < 4.78 is 8.56. The van der Waals surface area contributed by atoms with Crippen LogP contribution in [0.25, 0.3) is 0 Å². The molecule has 0 aromatic heterocycles. The minimum Gasteiger partial charge on any atom is -0.371 e. The molecule has 154 valence electrons. The molecule has 0 fully saturated rings. The number of hydrogen-bond acceptors (Lipinski definition) is 3. The molecule has 7 heteroatoms. The molecule has 3 nitrogen and oxygen atoms in total. The van der Waals surface area contributed by atoms with Crippen molar-refractivity contribution in [3.63, 3.8) is 0 Å². The summed E-state index contributed by atoms with van der Waals surface area (Å²) in [5.41, 5.74) is 3.89. The lowest BCUT2D eigenvalue weighted by Gasteiger charge is -2.39. The molecule has 2 aromatic carbocycles. The van der Waals surface area contributed by atoms with Crippen LogP contribution in [0.3, 0.4) is 0 Å². The molecule has 0 spiro atoms. The molecule has 0 saturated carbocycles. The van der Waals surface area contributed by atoms with Crippen molar-refractivity contribution in [2.75, 3.05) is 0 Å². The Bertz CT molecular complexity index is 881. The third-order valence-electron chi connectivity index (χ3n) is 4.89. The number of ether oxygens (including phenoxy) is 1. The van der Waals surface area contributed by atoms with Crippen molar-refractivity contribution in [2.45, 2.75) is 31.6 Å². The Labute approximate surface area is 201 Å². The molecule has 1 heterocycles. The molecule has 1 aliphatic carbocycles. The number of allylic oxidation sites excluding steroid dienone is 1. The summed E-state index contributed by atoms with van der Waals surface area (Å²) in [5, 5.41) is 0. The van der Waals surface area contributed by atoms with Crippen LogP contribution in [0, 0.1) is 0 Å². The van der Waals surface area contributed by atoms with Crippen LogP contribution in [0.4, 0.5) is 0 Å². The lowest BCUT2D eigenvalue weighted by molar-refractivity contribution is -0.0139. The zero-order chi connectivity index (χ0) is 18.6. The molecule has 0 unspecified atom stereocenters. The maximum atomic E-state index is 6.45. The largest absolute Gasteiger partial charge is 0.371 e. The number of halogens is 4. The Morgan fingerprint density at radius 1 is 1.03 bits per heavy atom. The number of hydrogen-bond donors (Lipinski definition) is 0. The summed E-state index contributed by atoms with van der Waals surface area (Å²) in [6.45, 7) is 0.582. The number of rotatable bonds is 4. The molecular weight excluding hydrogens is 539 g/mol.